The van der Waals surface area contributed by atoms with E-state index in [1.54, 1.807) is 38.9 Å². The van der Waals surface area contributed by atoms with Crippen LogP contribution in [0, 0.1) is 0 Å². The first-order chi connectivity index (χ1) is 25.3. The molecule has 272 valence electrons. The van der Waals surface area contributed by atoms with Crippen molar-refractivity contribution in [2.24, 2.45) is 0 Å². The SMILES string of the molecule is C=C/C=C(\C=C)C(=O)OCCN(CCOC(=C)c1ccccc1)c1ccc(C2C(OC)C(c3cn(C(C)CC)nc3-c3cnccn3)C2OC)cc1. The predicted octanol–water partition coefficient (Wildman–Crippen LogP) is 7.56. The third-order valence-electron chi connectivity index (χ3n) is 9.65. The van der Waals surface area contributed by atoms with Gasteiger partial charge in [0.15, 0.2) is 0 Å². The van der Waals surface area contributed by atoms with Crippen molar-refractivity contribution in [2.45, 2.75) is 50.4 Å². The Morgan fingerprint density at radius 3 is 2.25 bits per heavy atom. The first kappa shape index (κ1) is 37.9. The summed E-state index contributed by atoms with van der Waals surface area (Å²) in [6, 6.07) is 18.4. The Balaban J connectivity index is 1.35. The third kappa shape index (κ3) is 8.58. The van der Waals surface area contributed by atoms with Gasteiger partial charge in [0.2, 0.25) is 0 Å². The Morgan fingerprint density at radius 2 is 1.65 bits per heavy atom. The molecule has 5 rings (SSSR count). The zero-order chi connectivity index (χ0) is 37.0. The topological polar surface area (TPSA) is 101 Å². The summed E-state index contributed by atoms with van der Waals surface area (Å²) in [6.07, 6.45) is 12.4. The number of rotatable bonds is 19. The maximum Gasteiger partial charge on any atom is 0.338 e. The fourth-order valence-electron chi connectivity index (χ4n) is 6.62. The average Bonchev–Trinajstić information content (AvgIpc) is 3.61. The number of aromatic nitrogens is 4. The van der Waals surface area contributed by atoms with E-state index < -0.39 is 5.97 Å². The highest BCUT2D eigenvalue weighted by Gasteiger charge is 2.54. The van der Waals surface area contributed by atoms with Gasteiger partial charge in [-0.1, -0.05) is 81.3 Å². The summed E-state index contributed by atoms with van der Waals surface area (Å²) in [5.74, 6) is 0.0648. The van der Waals surface area contributed by atoms with Gasteiger partial charge in [0.25, 0.3) is 0 Å². The number of nitrogens with zero attached hydrogens (tertiary/aromatic N) is 5. The van der Waals surface area contributed by atoms with Crippen molar-refractivity contribution >= 4 is 17.4 Å². The Kier molecular flexibility index (Phi) is 13.3. The molecule has 0 bridgehead atoms. The first-order valence-corrected chi connectivity index (χ1v) is 17.6. The van der Waals surface area contributed by atoms with Crippen LogP contribution in [-0.4, -0.2) is 78.4 Å². The largest absolute Gasteiger partial charge is 0.492 e. The van der Waals surface area contributed by atoms with E-state index in [0.29, 0.717) is 31.0 Å². The van der Waals surface area contributed by atoms with E-state index in [1.807, 2.05) is 35.0 Å². The summed E-state index contributed by atoms with van der Waals surface area (Å²) in [5.41, 5.74) is 5.88. The molecule has 10 nitrogen and oxygen atoms in total. The van der Waals surface area contributed by atoms with Gasteiger partial charge >= 0.3 is 5.97 Å². The van der Waals surface area contributed by atoms with Crippen LogP contribution in [0.1, 0.15) is 54.8 Å². The van der Waals surface area contributed by atoms with Crippen LogP contribution >= 0.6 is 0 Å². The molecule has 1 aliphatic rings. The summed E-state index contributed by atoms with van der Waals surface area (Å²) in [7, 11) is 3.50. The first-order valence-electron chi connectivity index (χ1n) is 17.6. The predicted molar refractivity (Wildman–Crippen MR) is 205 cm³/mol. The van der Waals surface area contributed by atoms with Crippen molar-refractivity contribution in [2.75, 3.05) is 45.4 Å². The molecule has 52 heavy (non-hydrogen) atoms. The minimum atomic E-state index is -0.452. The maximum absolute atomic E-state index is 12.6. The lowest BCUT2D eigenvalue weighted by atomic mass is 9.63. The minimum Gasteiger partial charge on any atom is -0.492 e. The molecule has 3 atom stereocenters. The normalized spacial score (nSPS) is 18.9. The Morgan fingerprint density at radius 1 is 0.962 bits per heavy atom. The van der Waals surface area contributed by atoms with Crippen molar-refractivity contribution in [3.63, 3.8) is 0 Å². The Hall–Kier alpha value is -5.32. The van der Waals surface area contributed by atoms with E-state index in [4.69, 9.17) is 24.0 Å². The van der Waals surface area contributed by atoms with Crippen LogP contribution in [0.15, 0.2) is 123 Å². The zero-order valence-electron chi connectivity index (χ0n) is 30.6. The van der Waals surface area contributed by atoms with Crippen LogP contribution < -0.4 is 4.90 Å². The number of esters is 1. The summed E-state index contributed by atoms with van der Waals surface area (Å²) in [6.45, 7) is 17.3. The molecule has 0 radical (unpaired) electrons. The smallest absolute Gasteiger partial charge is 0.338 e. The standard InChI is InChI=1S/C42H49N5O5/c1-8-14-31(10-3)42(48)52-26-24-46(23-25-51-30(5)32-15-12-11-13-16-32)34-19-17-33(18-20-34)37-40(49-6)38(41(37)50-7)35-28-47(29(4)9-2)45-39(35)36-27-43-21-22-44-36/h8,10-22,27-29,37-38,40-41H,1,3,5,9,23-26H2,2,4,6-7H3/b31-14+. The molecule has 0 aliphatic heterocycles. The lowest BCUT2D eigenvalue weighted by Gasteiger charge is -2.50. The third-order valence-corrected chi connectivity index (χ3v) is 9.65. The molecule has 1 saturated carbocycles. The van der Waals surface area contributed by atoms with Crippen LogP contribution in [0.5, 0.6) is 0 Å². The molecule has 1 aliphatic carbocycles. The van der Waals surface area contributed by atoms with E-state index in [0.717, 1.165) is 40.2 Å². The van der Waals surface area contributed by atoms with Gasteiger partial charge in [-0.25, -0.2) is 4.79 Å². The van der Waals surface area contributed by atoms with Gasteiger partial charge in [-0.3, -0.25) is 14.6 Å². The lowest BCUT2D eigenvalue weighted by Crippen LogP contribution is -2.53. The summed E-state index contributed by atoms with van der Waals surface area (Å²) < 4.78 is 26.0. The molecule has 10 heteroatoms. The van der Waals surface area contributed by atoms with E-state index in [9.17, 15) is 4.79 Å². The van der Waals surface area contributed by atoms with Crippen molar-refractivity contribution < 1.29 is 23.7 Å². The lowest BCUT2D eigenvalue weighted by molar-refractivity contribution is -0.138. The molecule has 3 unspecified atom stereocenters. The Bertz CT molecular complexity index is 1810. The highest BCUT2D eigenvalue weighted by atomic mass is 16.5. The molecule has 0 saturated heterocycles. The fraction of sp³-hybridized carbons (Fsp3) is 0.333. The van der Waals surface area contributed by atoms with E-state index in [1.165, 1.54) is 12.2 Å². The van der Waals surface area contributed by atoms with Gasteiger partial charge in [-0.05, 0) is 37.1 Å². The van der Waals surface area contributed by atoms with Gasteiger partial charge < -0.3 is 23.8 Å². The second-order valence-corrected chi connectivity index (χ2v) is 12.6. The van der Waals surface area contributed by atoms with Gasteiger partial charge in [-0.2, -0.15) is 5.10 Å². The number of carbonyl (C=O) groups excluding carboxylic acids is 1. The summed E-state index contributed by atoms with van der Waals surface area (Å²) in [4.78, 5) is 23.6. The quantitative estimate of drug-likeness (QED) is 0.0424. The number of allylic oxidation sites excluding steroid dienone is 2. The second kappa shape index (κ2) is 18.3. The average molecular weight is 704 g/mol. The molecule has 1 fully saturated rings. The molecule has 2 aromatic heterocycles. The monoisotopic (exact) mass is 703 g/mol. The molecular formula is C42H49N5O5. The molecule has 2 aromatic carbocycles. The van der Waals surface area contributed by atoms with Crippen molar-refractivity contribution in [3.05, 3.63) is 140 Å². The number of methoxy groups -OCH3 is 2. The van der Waals surface area contributed by atoms with Gasteiger partial charge in [0, 0.05) is 67.5 Å². The van der Waals surface area contributed by atoms with Crippen LogP contribution in [0.3, 0.4) is 0 Å². The molecular weight excluding hydrogens is 654 g/mol. The van der Waals surface area contributed by atoms with Gasteiger partial charge in [-0.15, -0.1) is 0 Å². The number of ether oxygens (including phenoxy) is 4. The highest BCUT2D eigenvalue weighted by Crippen LogP contribution is 2.53. The van der Waals surface area contributed by atoms with Crippen molar-refractivity contribution in [3.8, 4) is 11.4 Å². The van der Waals surface area contributed by atoms with E-state index in [2.05, 4.69) is 78.9 Å². The van der Waals surface area contributed by atoms with Crippen molar-refractivity contribution in [1.29, 1.82) is 0 Å². The zero-order valence-corrected chi connectivity index (χ0v) is 30.6. The fourth-order valence-corrected chi connectivity index (χ4v) is 6.62. The van der Waals surface area contributed by atoms with Gasteiger partial charge in [0.05, 0.1) is 37.1 Å². The van der Waals surface area contributed by atoms with Crippen molar-refractivity contribution in [1.82, 2.24) is 19.7 Å². The number of benzene rings is 2. The number of hydrogen-bond acceptors (Lipinski definition) is 9. The summed E-state index contributed by atoms with van der Waals surface area (Å²) >= 11 is 0. The van der Waals surface area contributed by atoms with Crippen LogP contribution in [0.25, 0.3) is 17.1 Å². The molecule has 0 spiro atoms. The van der Waals surface area contributed by atoms with Crippen LogP contribution in [0.4, 0.5) is 5.69 Å². The maximum atomic E-state index is 12.6. The summed E-state index contributed by atoms with van der Waals surface area (Å²) in [5, 5.41) is 4.97. The number of carbonyl (C=O) groups is 1. The molecule has 4 aromatic rings. The molecule has 0 N–H and O–H groups in total. The van der Waals surface area contributed by atoms with Crippen LogP contribution in [-0.2, 0) is 23.7 Å². The number of hydrogen-bond donors (Lipinski definition) is 0. The van der Waals surface area contributed by atoms with E-state index >= 15 is 0 Å². The van der Waals surface area contributed by atoms with Crippen LogP contribution in [0.2, 0.25) is 0 Å². The highest BCUT2D eigenvalue weighted by molar-refractivity contribution is 5.91. The minimum absolute atomic E-state index is 0.0170. The second-order valence-electron chi connectivity index (χ2n) is 12.6. The van der Waals surface area contributed by atoms with Gasteiger partial charge in [0.1, 0.15) is 30.4 Å². The number of anilines is 1. The molecule has 0 amide bonds. The van der Waals surface area contributed by atoms with E-state index in [-0.39, 0.29) is 36.7 Å². The Labute approximate surface area is 307 Å². The molecule has 2 heterocycles.